The van der Waals surface area contributed by atoms with Crippen LogP contribution in [0.25, 0.3) is 0 Å². The first-order valence-corrected chi connectivity index (χ1v) is 9.97. The van der Waals surface area contributed by atoms with Crippen molar-refractivity contribution in [3.8, 4) is 11.5 Å². The molecule has 4 saturated carbocycles. The quantitative estimate of drug-likeness (QED) is 0.415. The summed E-state index contributed by atoms with van der Waals surface area (Å²) < 4.78 is 5.84. The Hall–Kier alpha value is -1.31. The lowest BCUT2D eigenvalue weighted by molar-refractivity contribution is -0.146. The predicted octanol–water partition coefficient (Wildman–Crippen LogP) is 3.67. The summed E-state index contributed by atoms with van der Waals surface area (Å²) in [5.41, 5.74) is 3.38. The zero-order chi connectivity index (χ0) is 17.6. The first-order chi connectivity index (χ1) is 12.0. The van der Waals surface area contributed by atoms with Crippen LogP contribution in [0.4, 0.5) is 0 Å². The molecule has 0 aromatic heterocycles. The largest absolute Gasteiger partial charge is 0.504 e. The molecule has 4 aliphatic rings. The van der Waals surface area contributed by atoms with Gasteiger partial charge in [0.2, 0.25) is 5.91 Å². The van der Waals surface area contributed by atoms with Crippen LogP contribution in [0.3, 0.4) is 0 Å². The molecule has 0 atom stereocenters. The number of aromatic hydroxyl groups is 1. The van der Waals surface area contributed by atoms with Gasteiger partial charge in [-0.25, -0.2) is 5.43 Å². The van der Waals surface area contributed by atoms with E-state index < -0.39 is 0 Å². The number of hydrogen-bond donors (Lipinski definition) is 2. The molecule has 6 heteroatoms. The van der Waals surface area contributed by atoms with Gasteiger partial charge in [0, 0.05) is 0 Å². The molecule has 0 saturated heterocycles. The molecule has 0 radical (unpaired) electrons. The lowest BCUT2D eigenvalue weighted by Crippen LogP contribution is -2.52. The van der Waals surface area contributed by atoms with E-state index in [-0.39, 0.29) is 17.1 Å². The van der Waals surface area contributed by atoms with Gasteiger partial charge in [0.1, 0.15) is 0 Å². The van der Waals surface area contributed by atoms with E-state index in [9.17, 15) is 9.90 Å². The number of carbonyl (C=O) groups excluding carboxylic acids is 1. The Bertz CT molecular complexity index is 696. The summed E-state index contributed by atoms with van der Waals surface area (Å²) >= 11 is 2.05. The first-order valence-electron chi connectivity index (χ1n) is 8.89. The van der Waals surface area contributed by atoms with Crippen molar-refractivity contribution in [3.63, 3.8) is 0 Å². The van der Waals surface area contributed by atoms with Crippen molar-refractivity contribution in [1.82, 2.24) is 5.43 Å². The van der Waals surface area contributed by atoms with E-state index in [1.165, 1.54) is 26.4 Å². The zero-order valence-corrected chi connectivity index (χ0v) is 16.5. The molecule has 134 valence electrons. The maximum Gasteiger partial charge on any atom is 0.246 e. The van der Waals surface area contributed by atoms with Crippen molar-refractivity contribution in [3.05, 3.63) is 21.3 Å². The van der Waals surface area contributed by atoms with Crippen LogP contribution in [0.15, 0.2) is 17.2 Å². The minimum atomic E-state index is -0.187. The van der Waals surface area contributed by atoms with Gasteiger partial charge in [0.15, 0.2) is 11.5 Å². The number of amides is 1. The average molecular weight is 454 g/mol. The number of nitrogens with one attached hydrogen (secondary N) is 1. The number of methoxy groups -OCH3 is 1. The maximum atomic E-state index is 12.8. The third kappa shape index (κ3) is 3.13. The fourth-order valence-electron chi connectivity index (χ4n) is 5.50. The Kier molecular flexibility index (Phi) is 4.42. The number of ether oxygens (including phenoxy) is 1. The van der Waals surface area contributed by atoms with Crippen LogP contribution in [0.2, 0.25) is 0 Å². The van der Waals surface area contributed by atoms with Gasteiger partial charge in [0.25, 0.3) is 0 Å². The highest BCUT2D eigenvalue weighted by atomic mass is 127. The second-order valence-corrected chi connectivity index (χ2v) is 9.11. The molecular formula is C19H23IN2O3. The Morgan fingerprint density at radius 2 is 1.88 bits per heavy atom. The van der Waals surface area contributed by atoms with Crippen LogP contribution >= 0.6 is 22.6 Å². The van der Waals surface area contributed by atoms with Crippen molar-refractivity contribution >= 4 is 34.7 Å². The number of hydrazone groups is 1. The third-order valence-corrected chi connectivity index (χ3v) is 6.99. The summed E-state index contributed by atoms with van der Waals surface area (Å²) in [7, 11) is 1.51. The first kappa shape index (κ1) is 17.1. The van der Waals surface area contributed by atoms with Crippen LogP contribution in [-0.4, -0.2) is 24.3 Å². The molecular weight excluding hydrogens is 431 g/mol. The summed E-state index contributed by atoms with van der Waals surface area (Å²) in [4.78, 5) is 12.8. The Labute approximate surface area is 161 Å². The normalized spacial score (nSPS) is 33.0. The number of phenols is 1. The van der Waals surface area contributed by atoms with Crippen LogP contribution in [0, 0.1) is 26.7 Å². The molecule has 1 aromatic rings. The average Bonchev–Trinajstić information content (AvgIpc) is 2.56. The van der Waals surface area contributed by atoms with E-state index >= 15 is 0 Å². The molecule has 4 aliphatic carbocycles. The van der Waals surface area contributed by atoms with E-state index in [1.807, 2.05) is 22.6 Å². The van der Waals surface area contributed by atoms with E-state index in [2.05, 4.69) is 10.5 Å². The number of hydrogen-bond acceptors (Lipinski definition) is 4. The van der Waals surface area contributed by atoms with Gasteiger partial charge in [0.05, 0.1) is 22.3 Å². The molecule has 1 amide bonds. The van der Waals surface area contributed by atoms with E-state index in [0.29, 0.717) is 9.32 Å². The fourth-order valence-corrected chi connectivity index (χ4v) is 6.12. The highest BCUT2D eigenvalue weighted by Crippen LogP contribution is 2.60. The molecule has 1 aromatic carbocycles. The minimum Gasteiger partial charge on any atom is -0.504 e. The monoisotopic (exact) mass is 454 g/mol. The summed E-state index contributed by atoms with van der Waals surface area (Å²) in [5.74, 6) is 2.83. The van der Waals surface area contributed by atoms with Gasteiger partial charge in [-0.15, -0.1) is 0 Å². The summed E-state index contributed by atoms with van der Waals surface area (Å²) in [6.07, 6.45) is 8.68. The Balaban J connectivity index is 1.46. The molecule has 0 aliphatic heterocycles. The topological polar surface area (TPSA) is 70.9 Å². The van der Waals surface area contributed by atoms with Gasteiger partial charge in [-0.1, -0.05) is 0 Å². The summed E-state index contributed by atoms with van der Waals surface area (Å²) in [6, 6.07) is 3.51. The molecule has 4 fully saturated rings. The molecule has 0 spiro atoms. The molecule has 5 nitrogen and oxygen atoms in total. The van der Waals surface area contributed by atoms with Crippen LogP contribution < -0.4 is 10.2 Å². The standard InChI is InChI=1S/C19H23IN2O3/c1-25-16-6-14(5-15(20)17(16)23)10-21-22-18(24)19-7-11-2-12(8-19)4-13(3-11)9-19/h5-6,10-13,23H,2-4,7-9H2,1H3,(H,22,24). The fraction of sp³-hybridized carbons (Fsp3) is 0.579. The maximum absolute atomic E-state index is 12.8. The van der Waals surface area contributed by atoms with Gasteiger partial charge < -0.3 is 9.84 Å². The smallest absolute Gasteiger partial charge is 0.246 e. The highest BCUT2D eigenvalue weighted by molar-refractivity contribution is 14.1. The number of benzene rings is 1. The Morgan fingerprint density at radius 1 is 1.28 bits per heavy atom. The SMILES string of the molecule is COc1cc(C=NNC(=O)C23CC4CC(CC(C4)C2)C3)cc(I)c1O. The number of carbonyl (C=O) groups is 1. The zero-order valence-electron chi connectivity index (χ0n) is 14.3. The number of nitrogens with zero attached hydrogens (tertiary/aromatic N) is 1. The summed E-state index contributed by atoms with van der Waals surface area (Å²) in [5, 5.41) is 14.1. The van der Waals surface area contributed by atoms with Crippen molar-refractivity contribution in [2.75, 3.05) is 7.11 Å². The molecule has 0 heterocycles. The van der Waals surface area contributed by atoms with Crippen LogP contribution in [0.1, 0.15) is 44.1 Å². The van der Waals surface area contributed by atoms with E-state index in [0.717, 1.165) is 42.6 Å². The Morgan fingerprint density at radius 3 is 2.44 bits per heavy atom. The van der Waals surface area contributed by atoms with Gasteiger partial charge in [-0.05, 0) is 96.6 Å². The molecule has 4 bridgehead atoms. The molecule has 5 rings (SSSR count). The number of phenolic OH excluding ortho intramolecular Hbond substituents is 1. The van der Waals surface area contributed by atoms with E-state index in [1.54, 1.807) is 18.3 Å². The van der Waals surface area contributed by atoms with Crippen LogP contribution in [0.5, 0.6) is 11.5 Å². The summed E-state index contributed by atoms with van der Waals surface area (Å²) in [6.45, 7) is 0. The van der Waals surface area contributed by atoms with Gasteiger partial charge >= 0.3 is 0 Å². The van der Waals surface area contributed by atoms with Crippen molar-refractivity contribution in [2.24, 2.45) is 28.3 Å². The van der Waals surface area contributed by atoms with Crippen molar-refractivity contribution in [2.45, 2.75) is 38.5 Å². The number of halogens is 1. The molecule has 0 unspecified atom stereocenters. The lowest BCUT2D eigenvalue weighted by atomic mass is 9.49. The van der Waals surface area contributed by atoms with E-state index in [4.69, 9.17) is 4.74 Å². The highest BCUT2D eigenvalue weighted by Gasteiger charge is 2.54. The van der Waals surface area contributed by atoms with Gasteiger partial charge in [-0.3, -0.25) is 4.79 Å². The lowest BCUT2D eigenvalue weighted by Gasteiger charge is -2.55. The van der Waals surface area contributed by atoms with Crippen molar-refractivity contribution in [1.29, 1.82) is 0 Å². The van der Waals surface area contributed by atoms with Crippen molar-refractivity contribution < 1.29 is 14.6 Å². The molecule has 25 heavy (non-hydrogen) atoms. The number of rotatable bonds is 4. The molecule has 2 N–H and O–H groups in total. The second kappa shape index (κ2) is 6.45. The minimum absolute atomic E-state index is 0.0864. The van der Waals surface area contributed by atoms with Gasteiger partial charge in [-0.2, -0.15) is 5.10 Å². The third-order valence-electron chi connectivity index (χ3n) is 6.17. The predicted molar refractivity (Wildman–Crippen MR) is 104 cm³/mol. The van der Waals surface area contributed by atoms with Crippen LogP contribution in [-0.2, 0) is 4.79 Å². The second-order valence-electron chi connectivity index (χ2n) is 7.95.